The van der Waals surface area contributed by atoms with E-state index in [2.05, 4.69) is 6.07 Å². The molecule has 0 spiro atoms. The number of nitriles is 1. The molecule has 0 saturated carbocycles. The normalized spacial score (nSPS) is 11.1. The van der Waals surface area contributed by atoms with E-state index >= 15 is 0 Å². The predicted octanol–water partition coefficient (Wildman–Crippen LogP) is 5.39. The van der Waals surface area contributed by atoms with E-state index in [-0.39, 0.29) is 0 Å². The van der Waals surface area contributed by atoms with Gasteiger partial charge in [-0.05, 0) is 53.1 Å². The highest BCUT2D eigenvalue weighted by molar-refractivity contribution is 5.90. The Morgan fingerprint density at radius 3 is 2.35 bits per heavy atom. The van der Waals surface area contributed by atoms with E-state index in [9.17, 15) is 10.1 Å². The second-order valence-electron chi connectivity index (χ2n) is 6.48. The third-order valence-electron chi connectivity index (χ3n) is 4.41. The fourth-order valence-electron chi connectivity index (χ4n) is 2.90. The van der Waals surface area contributed by atoms with Crippen molar-refractivity contribution in [3.05, 3.63) is 95.6 Å². The average Bonchev–Trinajstić information content (AvgIpc) is 2.81. The standard InChI is InChI=1S/C26H21NO4/c1-29-24-13-11-19(17-25(24)30-2)12-14-26(28)31-23-10-6-7-20(16-23)15-22(18-27)21-8-4-3-5-9-21/h3-17H,1-2H3/b14-12+,22-15-. The maximum Gasteiger partial charge on any atom is 0.336 e. The van der Waals surface area contributed by atoms with Crippen LogP contribution in [0.1, 0.15) is 16.7 Å². The molecule has 0 heterocycles. The highest BCUT2D eigenvalue weighted by Crippen LogP contribution is 2.28. The molecule has 154 valence electrons. The van der Waals surface area contributed by atoms with Crippen molar-refractivity contribution in [1.82, 2.24) is 0 Å². The van der Waals surface area contributed by atoms with Gasteiger partial charge in [-0.1, -0.05) is 48.5 Å². The van der Waals surface area contributed by atoms with Gasteiger partial charge >= 0.3 is 5.97 Å². The fraction of sp³-hybridized carbons (Fsp3) is 0.0769. The second-order valence-corrected chi connectivity index (χ2v) is 6.48. The van der Waals surface area contributed by atoms with Gasteiger partial charge < -0.3 is 14.2 Å². The summed E-state index contributed by atoms with van der Waals surface area (Å²) in [6, 6.07) is 24.0. The van der Waals surface area contributed by atoms with Crippen molar-refractivity contribution in [3.8, 4) is 23.3 Å². The highest BCUT2D eigenvalue weighted by Gasteiger charge is 2.06. The molecule has 0 aromatic heterocycles. The lowest BCUT2D eigenvalue weighted by atomic mass is 10.0. The van der Waals surface area contributed by atoms with Crippen LogP contribution >= 0.6 is 0 Å². The van der Waals surface area contributed by atoms with E-state index in [0.29, 0.717) is 22.8 Å². The molecule has 3 aromatic rings. The number of methoxy groups -OCH3 is 2. The summed E-state index contributed by atoms with van der Waals surface area (Å²) in [5.41, 5.74) is 2.88. The summed E-state index contributed by atoms with van der Waals surface area (Å²) in [6.45, 7) is 0. The number of esters is 1. The number of hydrogen-bond acceptors (Lipinski definition) is 5. The number of benzene rings is 3. The largest absolute Gasteiger partial charge is 0.493 e. The van der Waals surface area contributed by atoms with Crippen LogP contribution in [0.5, 0.6) is 17.2 Å². The number of carbonyl (C=O) groups is 1. The molecule has 3 aromatic carbocycles. The Balaban J connectivity index is 1.72. The molecule has 0 radical (unpaired) electrons. The van der Waals surface area contributed by atoms with Crippen LogP contribution in [0.3, 0.4) is 0 Å². The van der Waals surface area contributed by atoms with Gasteiger partial charge in [0.2, 0.25) is 0 Å². The minimum atomic E-state index is -0.514. The van der Waals surface area contributed by atoms with Gasteiger partial charge in [-0.25, -0.2) is 4.79 Å². The molecule has 5 nitrogen and oxygen atoms in total. The fourth-order valence-corrected chi connectivity index (χ4v) is 2.90. The van der Waals surface area contributed by atoms with Gasteiger partial charge in [-0.15, -0.1) is 0 Å². The van der Waals surface area contributed by atoms with Crippen molar-refractivity contribution in [2.75, 3.05) is 14.2 Å². The zero-order valence-electron chi connectivity index (χ0n) is 17.2. The van der Waals surface area contributed by atoms with Crippen LogP contribution in [0.25, 0.3) is 17.7 Å². The van der Waals surface area contributed by atoms with Crippen molar-refractivity contribution in [3.63, 3.8) is 0 Å². The second kappa shape index (κ2) is 10.5. The lowest BCUT2D eigenvalue weighted by Gasteiger charge is -2.07. The average molecular weight is 411 g/mol. The van der Waals surface area contributed by atoms with E-state index in [4.69, 9.17) is 14.2 Å². The van der Waals surface area contributed by atoms with E-state index in [0.717, 1.165) is 16.7 Å². The SMILES string of the molecule is COc1ccc(/C=C/C(=O)Oc2cccc(/C=C(/C#N)c3ccccc3)c2)cc1OC. The summed E-state index contributed by atoms with van der Waals surface area (Å²) in [5.74, 6) is 1.06. The first-order valence-electron chi connectivity index (χ1n) is 9.52. The third-order valence-corrected chi connectivity index (χ3v) is 4.41. The molecular formula is C26H21NO4. The van der Waals surface area contributed by atoms with E-state index in [1.165, 1.54) is 6.08 Å². The van der Waals surface area contributed by atoms with Crippen molar-refractivity contribution in [2.24, 2.45) is 0 Å². The molecule has 0 unspecified atom stereocenters. The van der Waals surface area contributed by atoms with E-state index < -0.39 is 5.97 Å². The molecule has 0 atom stereocenters. The molecule has 0 aliphatic heterocycles. The van der Waals surface area contributed by atoms with Crippen LogP contribution in [-0.4, -0.2) is 20.2 Å². The van der Waals surface area contributed by atoms with E-state index in [1.54, 1.807) is 56.7 Å². The van der Waals surface area contributed by atoms with Gasteiger partial charge in [-0.2, -0.15) is 5.26 Å². The van der Waals surface area contributed by atoms with Gasteiger partial charge in [0.25, 0.3) is 0 Å². The molecule has 3 rings (SSSR count). The zero-order chi connectivity index (χ0) is 22.1. The molecule has 0 saturated heterocycles. The lowest BCUT2D eigenvalue weighted by Crippen LogP contribution is -2.03. The minimum Gasteiger partial charge on any atom is -0.493 e. The summed E-state index contributed by atoms with van der Waals surface area (Å²) in [6.07, 6.45) is 4.73. The van der Waals surface area contributed by atoms with Crippen molar-refractivity contribution < 1.29 is 19.0 Å². The first-order valence-corrected chi connectivity index (χ1v) is 9.52. The van der Waals surface area contributed by atoms with Crippen molar-refractivity contribution >= 4 is 23.7 Å². The Morgan fingerprint density at radius 1 is 0.871 bits per heavy atom. The quantitative estimate of drug-likeness (QED) is 0.171. The van der Waals surface area contributed by atoms with Gasteiger partial charge in [0.15, 0.2) is 11.5 Å². The smallest absolute Gasteiger partial charge is 0.336 e. The van der Waals surface area contributed by atoms with Gasteiger partial charge in [0, 0.05) is 6.08 Å². The molecule has 0 fully saturated rings. The number of carbonyl (C=O) groups excluding carboxylic acids is 1. The summed E-state index contributed by atoms with van der Waals surface area (Å²) in [7, 11) is 3.12. The Kier molecular flexibility index (Phi) is 7.23. The van der Waals surface area contributed by atoms with Crippen LogP contribution in [-0.2, 0) is 4.79 Å². The number of allylic oxidation sites excluding steroid dienone is 1. The van der Waals surface area contributed by atoms with Crippen LogP contribution in [0, 0.1) is 11.3 Å². The maximum atomic E-state index is 12.2. The topological polar surface area (TPSA) is 68.5 Å². The van der Waals surface area contributed by atoms with Crippen LogP contribution in [0.2, 0.25) is 0 Å². The zero-order valence-corrected chi connectivity index (χ0v) is 17.2. The van der Waals surface area contributed by atoms with Crippen LogP contribution in [0.4, 0.5) is 0 Å². The van der Waals surface area contributed by atoms with Crippen molar-refractivity contribution in [2.45, 2.75) is 0 Å². The third kappa shape index (κ3) is 5.84. The molecule has 5 heteroatoms. The van der Waals surface area contributed by atoms with Crippen molar-refractivity contribution in [1.29, 1.82) is 5.26 Å². The molecular weight excluding hydrogens is 390 g/mol. The summed E-state index contributed by atoms with van der Waals surface area (Å²) < 4.78 is 15.9. The minimum absolute atomic E-state index is 0.390. The lowest BCUT2D eigenvalue weighted by molar-refractivity contribution is -0.128. The number of ether oxygens (including phenoxy) is 3. The van der Waals surface area contributed by atoms with Gasteiger partial charge in [0.05, 0.1) is 25.9 Å². The Morgan fingerprint density at radius 2 is 1.65 bits per heavy atom. The van der Waals surface area contributed by atoms with Crippen LogP contribution in [0.15, 0.2) is 78.9 Å². The molecule has 0 amide bonds. The highest BCUT2D eigenvalue weighted by atomic mass is 16.5. The molecule has 0 bridgehead atoms. The number of nitrogens with zero attached hydrogens (tertiary/aromatic N) is 1. The Bertz CT molecular complexity index is 1160. The summed E-state index contributed by atoms with van der Waals surface area (Å²) >= 11 is 0. The van der Waals surface area contributed by atoms with Gasteiger partial charge in [0.1, 0.15) is 5.75 Å². The maximum absolute atomic E-state index is 12.2. The molecule has 0 aliphatic carbocycles. The summed E-state index contributed by atoms with van der Waals surface area (Å²) in [4.78, 5) is 12.2. The van der Waals surface area contributed by atoms with E-state index in [1.807, 2.05) is 42.5 Å². The van der Waals surface area contributed by atoms with Crippen LogP contribution < -0.4 is 14.2 Å². The monoisotopic (exact) mass is 411 g/mol. The first-order chi connectivity index (χ1) is 15.1. The first kappa shape index (κ1) is 21.4. The Labute approximate surface area is 181 Å². The molecule has 0 aliphatic rings. The molecule has 31 heavy (non-hydrogen) atoms. The summed E-state index contributed by atoms with van der Waals surface area (Å²) in [5, 5.41) is 9.47. The number of rotatable bonds is 7. The predicted molar refractivity (Wildman–Crippen MR) is 121 cm³/mol. The number of hydrogen-bond donors (Lipinski definition) is 0. The Hall–Kier alpha value is -4.30. The van der Waals surface area contributed by atoms with Gasteiger partial charge in [-0.3, -0.25) is 0 Å². The molecule has 0 N–H and O–H groups in total.